The summed E-state index contributed by atoms with van der Waals surface area (Å²) in [4.78, 5) is 2.44. The van der Waals surface area contributed by atoms with Gasteiger partial charge in [0.05, 0.1) is 11.4 Å². The van der Waals surface area contributed by atoms with Crippen molar-refractivity contribution in [3.05, 3.63) is 200 Å². The zero-order valence-corrected chi connectivity index (χ0v) is 32.4. The molecule has 0 amide bonds. The molecule has 0 heterocycles. The van der Waals surface area contributed by atoms with E-state index in [1.165, 1.54) is 93.8 Å². The van der Waals surface area contributed by atoms with Crippen molar-refractivity contribution in [1.29, 1.82) is 0 Å². The number of anilines is 3. The average Bonchev–Trinajstić information content (AvgIpc) is 3.27. The highest BCUT2D eigenvalue weighted by molar-refractivity contribution is 6.02. The summed E-state index contributed by atoms with van der Waals surface area (Å²) in [5.74, 6) is 2.91. The van der Waals surface area contributed by atoms with E-state index in [2.05, 4.69) is 199 Å². The Morgan fingerprint density at radius 1 is 0.351 bits per heavy atom. The van der Waals surface area contributed by atoms with E-state index in [0.717, 1.165) is 34.8 Å². The lowest BCUT2D eigenvalue weighted by Gasteiger charge is -2.57. The maximum atomic E-state index is 2.47. The Hall–Kier alpha value is -6.18. The van der Waals surface area contributed by atoms with E-state index in [9.17, 15) is 0 Å². The van der Waals surface area contributed by atoms with E-state index < -0.39 is 0 Å². The predicted octanol–water partition coefficient (Wildman–Crippen LogP) is 15.4. The molecule has 0 aliphatic heterocycles. The van der Waals surface area contributed by atoms with Gasteiger partial charge in [-0.05, 0) is 136 Å². The van der Waals surface area contributed by atoms with Gasteiger partial charge in [0.1, 0.15) is 0 Å². The summed E-state index contributed by atoms with van der Waals surface area (Å²) in [6, 6.07) is 71.7. The van der Waals surface area contributed by atoms with Gasteiger partial charge in [0.25, 0.3) is 0 Å². The first-order valence-electron chi connectivity index (χ1n) is 21.0. The van der Waals surface area contributed by atoms with Crippen LogP contribution in [0.2, 0.25) is 0 Å². The van der Waals surface area contributed by atoms with E-state index >= 15 is 0 Å². The number of benzene rings is 8. The highest BCUT2D eigenvalue weighted by Crippen LogP contribution is 2.60. The second kappa shape index (κ2) is 14.1. The third kappa shape index (κ3) is 6.18. The van der Waals surface area contributed by atoms with E-state index in [1.54, 1.807) is 5.56 Å². The number of hydrogen-bond donors (Lipinski definition) is 0. The second-order valence-electron chi connectivity index (χ2n) is 17.2. The Bertz CT molecular complexity index is 2650. The summed E-state index contributed by atoms with van der Waals surface area (Å²) in [5, 5.41) is 2.49. The van der Waals surface area contributed by atoms with Crippen LogP contribution in [0.4, 0.5) is 17.1 Å². The molecular formula is C56H47N. The maximum absolute atomic E-state index is 2.47. The topological polar surface area (TPSA) is 3.24 Å². The molecule has 0 N–H and O–H groups in total. The van der Waals surface area contributed by atoms with Crippen LogP contribution < -0.4 is 4.90 Å². The van der Waals surface area contributed by atoms with Crippen molar-refractivity contribution in [1.82, 2.24) is 0 Å². The molecule has 0 spiro atoms. The molecule has 276 valence electrons. The summed E-state index contributed by atoms with van der Waals surface area (Å²) < 4.78 is 0. The number of fused-ring (bicyclic) bond motifs is 1. The lowest BCUT2D eigenvalue weighted by molar-refractivity contribution is -0.00518. The van der Waals surface area contributed by atoms with Crippen molar-refractivity contribution in [2.75, 3.05) is 4.90 Å². The van der Waals surface area contributed by atoms with Crippen LogP contribution in [-0.2, 0) is 5.41 Å². The third-order valence-corrected chi connectivity index (χ3v) is 13.7. The summed E-state index contributed by atoms with van der Waals surface area (Å²) >= 11 is 0. The van der Waals surface area contributed by atoms with Crippen molar-refractivity contribution >= 4 is 27.8 Å². The molecule has 1 heteroatoms. The Morgan fingerprint density at radius 3 is 1.44 bits per heavy atom. The van der Waals surface area contributed by atoms with Gasteiger partial charge in [-0.3, -0.25) is 0 Å². The van der Waals surface area contributed by atoms with Gasteiger partial charge in [0.15, 0.2) is 0 Å². The molecule has 0 saturated heterocycles. The Kier molecular flexibility index (Phi) is 8.43. The molecule has 4 aliphatic rings. The van der Waals surface area contributed by atoms with Gasteiger partial charge in [-0.1, -0.05) is 170 Å². The van der Waals surface area contributed by atoms with Gasteiger partial charge in [-0.15, -0.1) is 0 Å². The van der Waals surface area contributed by atoms with Crippen molar-refractivity contribution in [2.45, 2.75) is 43.9 Å². The van der Waals surface area contributed by atoms with E-state index in [1.807, 2.05) is 0 Å². The molecular weight excluding hydrogens is 687 g/mol. The first kappa shape index (κ1) is 34.1. The van der Waals surface area contributed by atoms with Crippen molar-refractivity contribution in [2.24, 2.45) is 17.8 Å². The minimum atomic E-state index is 0.445. The Balaban J connectivity index is 0.935. The SMILES string of the molecule is c1ccc(-c2ccccc2N(c2ccc(-c3ccc(-c4ccc(C56CC7CC(CC(C7)C5)C6)cc4)cc3)cc2)c2ccccc2-c2cccc3ccccc23)cc1. The van der Waals surface area contributed by atoms with Crippen molar-refractivity contribution < 1.29 is 0 Å². The molecule has 12 rings (SSSR count). The molecule has 0 aromatic heterocycles. The number of para-hydroxylation sites is 2. The lowest BCUT2D eigenvalue weighted by atomic mass is 9.48. The fourth-order valence-corrected chi connectivity index (χ4v) is 11.4. The molecule has 8 aromatic rings. The van der Waals surface area contributed by atoms with Crippen LogP contribution in [0.25, 0.3) is 55.3 Å². The van der Waals surface area contributed by atoms with Crippen molar-refractivity contribution in [3.63, 3.8) is 0 Å². The highest BCUT2D eigenvalue weighted by Gasteiger charge is 2.51. The van der Waals surface area contributed by atoms with Crippen LogP contribution in [-0.4, -0.2) is 0 Å². The Labute approximate surface area is 337 Å². The van der Waals surface area contributed by atoms with E-state index in [-0.39, 0.29) is 0 Å². The third-order valence-electron chi connectivity index (χ3n) is 13.7. The summed E-state index contributed by atoms with van der Waals surface area (Å²) in [6.45, 7) is 0. The first-order chi connectivity index (χ1) is 28.2. The molecule has 4 fully saturated rings. The normalized spacial score (nSPS) is 20.8. The lowest BCUT2D eigenvalue weighted by Crippen LogP contribution is -2.48. The standard InChI is InChI=1S/C56H47N/c1-2-11-47(12-3-1)51-16-6-8-19-54(51)57(55-20-9-7-17-53(55)52-18-10-14-46-13-4-5-15-50(46)52)49-31-27-45(28-32-49)43-23-21-42(22-24-43)44-25-29-48(30-26-44)56-36-39-33-40(37-56)35-41(34-39)38-56/h1-32,39-41H,33-38H2. The number of rotatable bonds is 8. The first-order valence-corrected chi connectivity index (χ1v) is 21.0. The highest BCUT2D eigenvalue weighted by atomic mass is 15.1. The van der Waals surface area contributed by atoms with Gasteiger partial charge in [0.2, 0.25) is 0 Å². The van der Waals surface area contributed by atoms with Crippen LogP contribution in [0.15, 0.2) is 194 Å². The zero-order valence-electron chi connectivity index (χ0n) is 32.4. The molecule has 0 radical (unpaired) electrons. The molecule has 8 aromatic carbocycles. The molecule has 0 atom stereocenters. The van der Waals surface area contributed by atoms with Gasteiger partial charge in [-0.25, -0.2) is 0 Å². The quantitative estimate of drug-likeness (QED) is 0.150. The molecule has 4 aliphatic carbocycles. The second-order valence-corrected chi connectivity index (χ2v) is 17.2. The summed E-state index contributed by atoms with van der Waals surface area (Å²) in [7, 11) is 0. The molecule has 4 saturated carbocycles. The van der Waals surface area contributed by atoms with E-state index in [4.69, 9.17) is 0 Å². The number of nitrogens with zero attached hydrogens (tertiary/aromatic N) is 1. The molecule has 4 bridgehead atoms. The monoisotopic (exact) mass is 733 g/mol. The maximum Gasteiger partial charge on any atom is 0.0540 e. The summed E-state index contributed by atoms with van der Waals surface area (Å²) in [6.07, 6.45) is 8.73. The fourth-order valence-electron chi connectivity index (χ4n) is 11.4. The smallest absolute Gasteiger partial charge is 0.0540 e. The predicted molar refractivity (Wildman–Crippen MR) is 240 cm³/mol. The molecule has 57 heavy (non-hydrogen) atoms. The van der Waals surface area contributed by atoms with Crippen LogP contribution in [0.1, 0.15) is 44.1 Å². The van der Waals surface area contributed by atoms with Crippen LogP contribution in [0, 0.1) is 17.8 Å². The van der Waals surface area contributed by atoms with E-state index in [0.29, 0.717) is 5.41 Å². The zero-order chi connectivity index (χ0) is 37.8. The minimum Gasteiger partial charge on any atom is -0.309 e. The van der Waals surface area contributed by atoms with Gasteiger partial charge < -0.3 is 4.90 Å². The van der Waals surface area contributed by atoms with Crippen LogP contribution in [0.3, 0.4) is 0 Å². The largest absolute Gasteiger partial charge is 0.309 e. The Morgan fingerprint density at radius 2 is 0.807 bits per heavy atom. The summed E-state index contributed by atoms with van der Waals surface area (Å²) in [5.41, 5.74) is 15.3. The van der Waals surface area contributed by atoms with Gasteiger partial charge in [0, 0.05) is 16.8 Å². The average molecular weight is 734 g/mol. The van der Waals surface area contributed by atoms with Gasteiger partial charge >= 0.3 is 0 Å². The van der Waals surface area contributed by atoms with Crippen LogP contribution in [0.5, 0.6) is 0 Å². The van der Waals surface area contributed by atoms with Gasteiger partial charge in [-0.2, -0.15) is 0 Å². The van der Waals surface area contributed by atoms with Crippen LogP contribution >= 0.6 is 0 Å². The minimum absolute atomic E-state index is 0.445. The molecule has 1 nitrogen and oxygen atoms in total. The number of hydrogen-bond acceptors (Lipinski definition) is 1. The van der Waals surface area contributed by atoms with Crippen molar-refractivity contribution in [3.8, 4) is 44.5 Å². The molecule has 0 unspecified atom stereocenters. The fraction of sp³-hybridized carbons (Fsp3) is 0.179.